The fraction of sp³-hybridized carbons (Fsp3) is 0.211. The predicted molar refractivity (Wildman–Crippen MR) is 90.8 cm³/mol. The first-order valence-corrected chi connectivity index (χ1v) is 8.13. The van der Waals surface area contributed by atoms with E-state index < -0.39 is 0 Å². The van der Waals surface area contributed by atoms with Gasteiger partial charge in [0.1, 0.15) is 5.75 Å². The Labute approximate surface area is 145 Å². The molecule has 0 aliphatic carbocycles. The van der Waals surface area contributed by atoms with Crippen LogP contribution in [0.2, 0.25) is 0 Å². The second-order valence-corrected chi connectivity index (χ2v) is 5.89. The molecule has 1 aliphatic heterocycles. The molecule has 0 N–H and O–H groups in total. The van der Waals surface area contributed by atoms with Gasteiger partial charge in [0.15, 0.2) is 6.61 Å². The molecule has 6 nitrogen and oxygen atoms in total. The third-order valence-electron chi connectivity index (χ3n) is 4.31. The van der Waals surface area contributed by atoms with E-state index in [9.17, 15) is 4.79 Å². The minimum atomic E-state index is -0.00418. The summed E-state index contributed by atoms with van der Waals surface area (Å²) in [6.07, 6.45) is 2.18. The maximum atomic E-state index is 12.4. The molecule has 2 heterocycles. The molecule has 0 saturated heterocycles. The molecule has 0 unspecified atom stereocenters. The fourth-order valence-corrected chi connectivity index (χ4v) is 2.94. The first-order chi connectivity index (χ1) is 12.3. The number of hydrogen-bond acceptors (Lipinski definition) is 5. The standard InChI is InChI=1S/C19H17N3O3/c23-18(22-10-9-14-3-1-2-4-16(14)11-22)12-24-17-7-5-15(6-8-17)19-21-20-13-25-19/h1-8,13H,9-12H2. The molecular formula is C19H17N3O3. The van der Waals surface area contributed by atoms with E-state index in [1.165, 1.54) is 17.5 Å². The number of carbonyl (C=O) groups is 1. The fourth-order valence-electron chi connectivity index (χ4n) is 2.94. The molecule has 3 aromatic rings. The maximum Gasteiger partial charge on any atom is 0.260 e. The highest BCUT2D eigenvalue weighted by atomic mass is 16.5. The molecule has 2 aromatic carbocycles. The van der Waals surface area contributed by atoms with E-state index in [4.69, 9.17) is 9.15 Å². The molecule has 0 atom stereocenters. The average molecular weight is 335 g/mol. The van der Waals surface area contributed by atoms with Crippen molar-refractivity contribution in [2.75, 3.05) is 13.2 Å². The van der Waals surface area contributed by atoms with Gasteiger partial charge in [0.2, 0.25) is 12.3 Å². The number of amides is 1. The Morgan fingerprint density at radius 2 is 1.92 bits per heavy atom. The van der Waals surface area contributed by atoms with Crippen molar-refractivity contribution < 1.29 is 13.9 Å². The summed E-state index contributed by atoms with van der Waals surface area (Å²) >= 11 is 0. The summed E-state index contributed by atoms with van der Waals surface area (Å²) in [7, 11) is 0. The van der Waals surface area contributed by atoms with E-state index in [0.29, 0.717) is 18.2 Å². The summed E-state index contributed by atoms with van der Waals surface area (Å²) in [6.45, 7) is 1.41. The first kappa shape index (κ1) is 15.4. The zero-order valence-electron chi connectivity index (χ0n) is 13.6. The molecule has 1 amide bonds. The predicted octanol–water partition coefficient (Wildman–Crippen LogP) is 2.70. The van der Waals surface area contributed by atoms with Crippen LogP contribution >= 0.6 is 0 Å². The Bertz CT molecular complexity index is 860. The quantitative estimate of drug-likeness (QED) is 0.733. The molecule has 25 heavy (non-hydrogen) atoms. The van der Waals surface area contributed by atoms with Gasteiger partial charge in [-0.3, -0.25) is 4.79 Å². The van der Waals surface area contributed by atoms with Crippen molar-refractivity contribution in [3.8, 4) is 17.2 Å². The van der Waals surface area contributed by atoms with Crippen LogP contribution in [0.15, 0.2) is 59.3 Å². The van der Waals surface area contributed by atoms with Gasteiger partial charge in [-0.05, 0) is 41.8 Å². The van der Waals surface area contributed by atoms with Gasteiger partial charge in [0.05, 0.1) is 0 Å². The third-order valence-corrected chi connectivity index (χ3v) is 4.31. The van der Waals surface area contributed by atoms with E-state index in [0.717, 1.165) is 18.5 Å². The Kier molecular flexibility index (Phi) is 4.16. The maximum absolute atomic E-state index is 12.4. The van der Waals surface area contributed by atoms with Gasteiger partial charge in [0.25, 0.3) is 5.91 Å². The molecular weight excluding hydrogens is 318 g/mol. The highest BCUT2D eigenvalue weighted by Gasteiger charge is 2.20. The molecule has 6 heteroatoms. The molecule has 0 radical (unpaired) electrons. The van der Waals surface area contributed by atoms with Crippen LogP contribution in [0.5, 0.6) is 5.75 Å². The van der Waals surface area contributed by atoms with Crippen molar-refractivity contribution in [3.63, 3.8) is 0 Å². The number of ether oxygens (including phenoxy) is 1. The lowest BCUT2D eigenvalue weighted by molar-refractivity contribution is -0.134. The SMILES string of the molecule is O=C(COc1ccc(-c2nnco2)cc1)N1CCc2ccccc2C1. The summed E-state index contributed by atoms with van der Waals surface area (Å²) in [6, 6.07) is 15.5. The van der Waals surface area contributed by atoms with Gasteiger partial charge in [-0.1, -0.05) is 24.3 Å². The van der Waals surface area contributed by atoms with E-state index in [1.807, 2.05) is 29.2 Å². The van der Waals surface area contributed by atoms with Crippen LogP contribution in [-0.4, -0.2) is 34.2 Å². The van der Waals surface area contributed by atoms with Crippen molar-refractivity contribution in [2.45, 2.75) is 13.0 Å². The van der Waals surface area contributed by atoms with Gasteiger partial charge in [-0.2, -0.15) is 0 Å². The monoisotopic (exact) mass is 335 g/mol. The minimum absolute atomic E-state index is 0.00418. The second-order valence-electron chi connectivity index (χ2n) is 5.89. The summed E-state index contributed by atoms with van der Waals surface area (Å²) in [4.78, 5) is 14.2. The lowest BCUT2D eigenvalue weighted by atomic mass is 10.00. The average Bonchev–Trinajstić information content (AvgIpc) is 3.21. The second kappa shape index (κ2) is 6.76. The zero-order valence-corrected chi connectivity index (χ0v) is 13.6. The lowest BCUT2D eigenvalue weighted by Gasteiger charge is -2.28. The van der Waals surface area contributed by atoms with Gasteiger partial charge >= 0.3 is 0 Å². The molecule has 126 valence electrons. The minimum Gasteiger partial charge on any atom is -0.484 e. The van der Waals surface area contributed by atoms with Crippen LogP contribution in [0.4, 0.5) is 0 Å². The molecule has 0 fully saturated rings. The van der Waals surface area contributed by atoms with Crippen molar-refractivity contribution in [3.05, 3.63) is 66.1 Å². The van der Waals surface area contributed by atoms with Crippen LogP contribution in [0.1, 0.15) is 11.1 Å². The Morgan fingerprint density at radius 3 is 2.68 bits per heavy atom. The van der Waals surface area contributed by atoms with Crippen LogP contribution in [0.3, 0.4) is 0 Å². The molecule has 0 saturated carbocycles. The van der Waals surface area contributed by atoms with Gasteiger partial charge in [0, 0.05) is 18.7 Å². The van der Waals surface area contributed by atoms with Crippen LogP contribution in [-0.2, 0) is 17.8 Å². The molecule has 4 rings (SSSR count). The normalized spacial score (nSPS) is 13.4. The number of aromatic nitrogens is 2. The molecule has 0 spiro atoms. The number of nitrogens with zero attached hydrogens (tertiary/aromatic N) is 3. The van der Waals surface area contributed by atoms with Gasteiger partial charge < -0.3 is 14.1 Å². The number of hydrogen-bond donors (Lipinski definition) is 0. The van der Waals surface area contributed by atoms with E-state index in [1.54, 1.807) is 12.1 Å². The van der Waals surface area contributed by atoms with Crippen molar-refractivity contribution in [1.82, 2.24) is 15.1 Å². The van der Waals surface area contributed by atoms with Gasteiger partial charge in [-0.15, -0.1) is 10.2 Å². The molecule has 1 aliphatic rings. The first-order valence-electron chi connectivity index (χ1n) is 8.13. The van der Waals surface area contributed by atoms with Crippen molar-refractivity contribution in [2.24, 2.45) is 0 Å². The number of benzene rings is 2. The van der Waals surface area contributed by atoms with E-state index >= 15 is 0 Å². The Balaban J connectivity index is 1.35. The third kappa shape index (κ3) is 3.38. The van der Waals surface area contributed by atoms with Crippen molar-refractivity contribution in [1.29, 1.82) is 0 Å². The largest absolute Gasteiger partial charge is 0.484 e. The smallest absolute Gasteiger partial charge is 0.260 e. The molecule has 0 bridgehead atoms. The lowest BCUT2D eigenvalue weighted by Crippen LogP contribution is -2.38. The van der Waals surface area contributed by atoms with Crippen LogP contribution in [0.25, 0.3) is 11.5 Å². The highest BCUT2D eigenvalue weighted by molar-refractivity contribution is 5.78. The summed E-state index contributed by atoms with van der Waals surface area (Å²) in [5.41, 5.74) is 3.35. The summed E-state index contributed by atoms with van der Waals surface area (Å²) in [5, 5.41) is 7.50. The van der Waals surface area contributed by atoms with Crippen molar-refractivity contribution >= 4 is 5.91 Å². The Hall–Kier alpha value is -3.15. The Morgan fingerprint density at radius 1 is 1.12 bits per heavy atom. The highest BCUT2D eigenvalue weighted by Crippen LogP contribution is 2.21. The molecule has 1 aromatic heterocycles. The van der Waals surface area contributed by atoms with Gasteiger partial charge in [-0.25, -0.2) is 0 Å². The number of rotatable bonds is 4. The van der Waals surface area contributed by atoms with Crippen LogP contribution < -0.4 is 4.74 Å². The summed E-state index contributed by atoms with van der Waals surface area (Å²) in [5.74, 6) is 1.08. The summed E-state index contributed by atoms with van der Waals surface area (Å²) < 4.78 is 10.8. The number of carbonyl (C=O) groups excluding carboxylic acids is 1. The van der Waals surface area contributed by atoms with Crippen LogP contribution in [0, 0.1) is 0 Å². The van der Waals surface area contributed by atoms with E-state index in [2.05, 4.69) is 22.3 Å². The number of fused-ring (bicyclic) bond motifs is 1. The van der Waals surface area contributed by atoms with E-state index in [-0.39, 0.29) is 12.5 Å². The zero-order chi connectivity index (χ0) is 17.1. The topological polar surface area (TPSA) is 68.5 Å².